The number of piperidine rings is 1. The molecule has 3 atom stereocenters. The first-order valence-corrected chi connectivity index (χ1v) is 9.88. The van der Waals surface area contributed by atoms with Crippen molar-refractivity contribution in [1.29, 1.82) is 0 Å². The van der Waals surface area contributed by atoms with Crippen molar-refractivity contribution in [2.24, 2.45) is 18.9 Å². The molecule has 1 saturated carbocycles. The van der Waals surface area contributed by atoms with E-state index in [1.54, 1.807) is 17.9 Å². The number of benzene rings is 1. The van der Waals surface area contributed by atoms with E-state index in [9.17, 15) is 13.6 Å². The average Bonchev–Trinajstić information content (AvgIpc) is 3.18. The van der Waals surface area contributed by atoms with Crippen LogP contribution in [-0.4, -0.2) is 42.3 Å². The number of nitrogens with zero attached hydrogens (tertiary/aromatic N) is 7. The lowest BCUT2D eigenvalue weighted by molar-refractivity contribution is 0.363. The summed E-state index contributed by atoms with van der Waals surface area (Å²) in [4.78, 5) is 27.3. The molecule has 31 heavy (non-hydrogen) atoms. The van der Waals surface area contributed by atoms with Gasteiger partial charge in [0, 0.05) is 32.1 Å². The summed E-state index contributed by atoms with van der Waals surface area (Å²) in [6.45, 7) is 1.34. The van der Waals surface area contributed by atoms with Gasteiger partial charge in [-0.15, -0.1) is 0 Å². The number of anilines is 1. The van der Waals surface area contributed by atoms with E-state index in [2.05, 4.69) is 20.1 Å². The van der Waals surface area contributed by atoms with E-state index in [4.69, 9.17) is 4.52 Å². The van der Waals surface area contributed by atoms with Crippen LogP contribution in [0.1, 0.15) is 17.6 Å². The molecule has 0 amide bonds. The Morgan fingerprint density at radius 3 is 2.74 bits per heavy atom. The van der Waals surface area contributed by atoms with Crippen LogP contribution in [0.3, 0.4) is 0 Å². The fourth-order valence-corrected chi connectivity index (χ4v) is 4.63. The first kappa shape index (κ1) is 18.2. The third kappa shape index (κ3) is 2.83. The fraction of sp³-hybridized carbons (Fsp3) is 0.350. The second kappa shape index (κ2) is 6.43. The summed E-state index contributed by atoms with van der Waals surface area (Å²) in [6, 6.07) is 3.50. The van der Waals surface area contributed by atoms with Gasteiger partial charge in [0.25, 0.3) is 5.56 Å². The highest BCUT2D eigenvalue weighted by molar-refractivity contribution is 5.68. The molecule has 9 nitrogen and oxygen atoms in total. The summed E-state index contributed by atoms with van der Waals surface area (Å²) in [7, 11) is 1.73. The predicted molar refractivity (Wildman–Crippen MR) is 104 cm³/mol. The smallest absolute Gasteiger partial charge is 0.280 e. The first-order chi connectivity index (χ1) is 15.0. The van der Waals surface area contributed by atoms with E-state index in [0.29, 0.717) is 36.0 Å². The van der Waals surface area contributed by atoms with Crippen LogP contribution in [-0.2, 0) is 13.6 Å². The predicted octanol–water partition coefficient (Wildman–Crippen LogP) is 1.69. The molecule has 158 valence electrons. The van der Waals surface area contributed by atoms with Crippen molar-refractivity contribution in [3.05, 3.63) is 64.6 Å². The number of halogens is 2. The molecule has 4 heterocycles. The number of hydrogen-bond acceptors (Lipinski definition) is 7. The summed E-state index contributed by atoms with van der Waals surface area (Å²) in [5.41, 5.74) is 0.849. The zero-order valence-electron chi connectivity index (χ0n) is 16.4. The molecular weight excluding hydrogens is 408 g/mol. The van der Waals surface area contributed by atoms with Crippen LogP contribution in [0.4, 0.5) is 14.5 Å². The summed E-state index contributed by atoms with van der Waals surface area (Å²) in [5.74, 6) is 0.688. The van der Waals surface area contributed by atoms with Crippen molar-refractivity contribution in [2.75, 3.05) is 18.0 Å². The van der Waals surface area contributed by atoms with Crippen molar-refractivity contribution in [1.82, 2.24) is 29.2 Å². The molecule has 0 unspecified atom stereocenters. The van der Waals surface area contributed by atoms with Gasteiger partial charge < -0.3 is 14.0 Å². The molecule has 0 N–H and O–H groups in total. The molecule has 0 spiro atoms. The Morgan fingerprint density at radius 2 is 1.94 bits per heavy atom. The van der Waals surface area contributed by atoms with Gasteiger partial charge in [-0.2, -0.15) is 4.98 Å². The minimum Gasteiger partial charge on any atom is -0.368 e. The van der Waals surface area contributed by atoms with Gasteiger partial charge in [-0.3, -0.25) is 9.36 Å². The van der Waals surface area contributed by atoms with Crippen LogP contribution in [0, 0.1) is 23.5 Å². The summed E-state index contributed by atoms with van der Waals surface area (Å²) in [5, 5.41) is 4.09. The van der Waals surface area contributed by atoms with Gasteiger partial charge in [0.15, 0.2) is 17.0 Å². The largest absolute Gasteiger partial charge is 0.368 e. The van der Waals surface area contributed by atoms with Gasteiger partial charge in [-0.1, -0.05) is 5.16 Å². The van der Waals surface area contributed by atoms with Crippen molar-refractivity contribution in [3.63, 3.8) is 0 Å². The van der Waals surface area contributed by atoms with Gasteiger partial charge in [0.2, 0.25) is 5.89 Å². The van der Waals surface area contributed by atoms with Crippen LogP contribution >= 0.6 is 0 Å². The summed E-state index contributed by atoms with van der Waals surface area (Å²) in [6.07, 6.45) is 2.96. The summed E-state index contributed by atoms with van der Waals surface area (Å²) < 4.78 is 35.9. The zero-order chi connectivity index (χ0) is 21.3. The molecule has 4 aromatic rings. The fourth-order valence-electron chi connectivity index (χ4n) is 4.63. The van der Waals surface area contributed by atoms with Crippen molar-refractivity contribution in [2.45, 2.75) is 12.5 Å². The second-order valence-electron chi connectivity index (χ2n) is 8.11. The van der Waals surface area contributed by atoms with Crippen LogP contribution < -0.4 is 10.5 Å². The van der Waals surface area contributed by atoms with E-state index >= 15 is 0 Å². The lowest BCUT2D eigenvalue weighted by atomic mass is 10.2. The quantitative estimate of drug-likeness (QED) is 0.491. The van der Waals surface area contributed by atoms with Crippen molar-refractivity contribution in [3.8, 4) is 0 Å². The molecule has 0 bridgehead atoms. The highest BCUT2D eigenvalue weighted by Crippen LogP contribution is 2.58. The molecule has 1 saturated heterocycles. The molecule has 2 aliphatic rings. The van der Waals surface area contributed by atoms with Crippen LogP contribution in [0.25, 0.3) is 11.2 Å². The highest BCUT2D eigenvalue weighted by atomic mass is 19.1. The van der Waals surface area contributed by atoms with Gasteiger partial charge in [0.05, 0.1) is 12.0 Å². The molecule has 6 rings (SSSR count). The van der Waals surface area contributed by atoms with Crippen molar-refractivity contribution < 1.29 is 13.3 Å². The Kier molecular flexibility index (Phi) is 3.77. The van der Waals surface area contributed by atoms with Gasteiger partial charge in [0.1, 0.15) is 24.5 Å². The van der Waals surface area contributed by atoms with E-state index in [0.717, 1.165) is 12.1 Å². The van der Waals surface area contributed by atoms with E-state index in [1.807, 2.05) is 4.90 Å². The molecule has 2 fully saturated rings. The molecule has 3 aromatic heterocycles. The van der Waals surface area contributed by atoms with Crippen LogP contribution in [0.2, 0.25) is 0 Å². The molecule has 11 heteroatoms. The number of aryl methyl sites for hydroxylation is 1. The van der Waals surface area contributed by atoms with Gasteiger partial charge in [-0.05, 0) is 24.0 Å². The molecule has 0 radical (unpaired) electrons. The SMILES string of the molecule is Cn1cnc2ncn(Cc3nc([C@@H]4[C@@H]5CN(c6cc(F)ccc6F)C[C@@H]54)no3)c(=O)c21. The molecular formula is C20H17F2N7O2. The molecule has 1 aliphatic carbocycles. The third-order valence-corrected chi connectivity index (χ3v) is 6.23. The van der Waals surface area contributed by atoms with Crippen molar-refractivity contribution >= 4 is 16.9 Å². The summed E-state index contributed by atoms with van der Waals surface area (Å²) >= 11 is 0. The second-order valence-corrected chi connectivity index (χ2v) is 8.11. The topological polar surface area (TPSA) is 94.9 Å². The highest BCUT2D eigenvalue weighted by Gasteiger charge is 2.58. The number of fused-ring (bicyclic) bond motifs is 2. The normalized spacial score (nSPS) is 22.3. The standard InChI is InChI=1S/C20H17F2N7O2/c1-27-8-23-19-17(27)20(30)29(9-24-19)7-15-25-18(26-31-15)16-11-5-28(6-12(11)16)14-4-10(21)2-3-13(14)22/h2-4,8-9,11-12,16H,5-7H2,1H3/t11-,12+,16-. The number of imidazole rings is 1. The minimum atomic E-state index is -0.453. The Labute approximate surface area is 173 Å². The third-order valence-electron chi connectivity index (χ3n) is 6.23. The van der Waals surface area contributed by atoms with E-state index in [1.165, 1.54) is 17.0 Å². The van der Waals surface area contributed by atoms with E-state index < -0.39 is 11.6 Å². The molecule has 1 aliphatic heterocycles. The average molecular weight is 425 g/mol. The number of aromatic nitrogens is 6. The number of hydrogen-bond donors (Lipinski definition) is 0. The lowest BCUT2D eigenvalue weighted by Crippen LogP contribution is -2.25. The van der Waals surface area contributed by atoms with Gasteiger partial charge in [-0.25, -0.2) is 18.7 Å². The number of rotatable bonds is 4. The Morgan fingerprint density at radius 1 is 1.16 bits per heavy atom. The maximum absolute atomic E-state index is 14.0. The zero-order valence-corrected chi connectivity index (χ0v) is 16.4. The maximum Gasteiger partial charge on any atom is 0.280 e. The monoisotopic (exact) mass is 425 g/mol. The Bertz CT molecular complexity index is 1370. The van der Waals surface area contributed by atoms with Crippen LogP contribution in [0.15, 0.2) is 40.2 Å². The van der Waals surface area contributed by atoms with Crippen LogP contribution in [0.5, 0.6) is 0 Å². The van der Waals surface area contributed by atoms with Gasteiger partial charge >= 0.3 is 0 Å². The first-order valence-electron chi connectivity index (χ1n) is 9.88. The maximum atomic E-state index is 14.0. The molecule has 1 aromatic carbocycles. The lowest BCUT2D eigenvalue weighted by Gasteiger charge is -2.22. The Balaban J connectivity index is 1.17. The Hall–Kier alpha value is -3.63. The minimum absolute atomic E-state index is 0.114. The van der Waals surface area contributed by atoms with E-state index in [-0.39, 0.29) is 35.5 Å².